The molecule has 1 unspecified atom stereocenters. The molecular formula is C12H13ClFN3. The number of hydrogen-bond donors (Lipinski definition) is 2. The van der Waals surface area contributed by atoms with Gasteiger partial charge in [-0.2, -0.15) is 5.10 Å². The van der Waals surface area contributed by atoms with Crippen molar-refractivity contribution < 1.29 is 4.39 Å². The first kappa shape index (κ1) is 12.1. The van der Waals surface area contributed by atoms with Gasteiger partial charge in [0, 0.05) is 29.4 Å². The van der Waals surface area contributed by atoms with Crippen molar-refractivity contribution in [3.63, 3.8) is 0 Å². The summed E-state index contributed by atoms with van der Waals surface area (Å²) < 4.78 is 12.9. The number of aromatic nitrogens is 2. The minimum atomic E-state index is -0.319. The molecule has 90 valence electrons. The van der Waals surface area contributed by atoms with Gasteiger partial charge in [0.25, 0.3) is 0 Å². The van der Waals surface area contributed by atoms with Gasteiger partial charge in [0.05, 0.1) is 6.20 Å². The van der Waals surface area contributed by atoms with Gasteiger partial charge >= 0.3 is 0 Å². The molecular weight excluding hydrogens is 241 g/mol. The lowest BCUT2D eigenvalue weighted by molar-refractivity contribution is 0.571. The zero-order valence-electron chi connectivity index (χ0n) is 9.37. The molecule has 0 aliphatic rings. The van der Waals surface area contributed by atoms with Gasteiger partial charge in [-0.1, -0.05) is 17.7 Å². The van der Waals surface area contributed by atoms with Crippen molar-refractivity contribution in [3.05, 3.63) is 52.6 Å². The molecule has 0 amide bonds. The van der Waals surface area contributed by atoms with E-state index in [-0.39, 0.29) is 11.9 Å². The summed E-state index contributed by atoms with van der Waals surface area (Å²) in [5.74, 6) is -0.319. The number of hydrogen-bond acceptors (Lipinski definition) is 2. The molecule has 1 atom stereocenters. The minimum Gasteiger partial charge on any atom is -0.306 e. The first-order valence-electron chi connectivity index (χ1n) is 5.33. The van der Waals surface area contributed by atoms with E-state index >= 15 is 0 Å². The van der Waals surface area contributed by atoms with E-state index in [4.69, 9.17) is 11.6 Å². The van der Waals surface area contributed by atoms with E-state index in [1.165, 1.54) is 12.1 Å². The van der Waals surface area contributed by atoms with E-state index in [0.717, 1.165) is 11.1 Å². The van der Waals surface area contributed by atoms with Crippen molar-refractivity contribution in [2.45, 2.75) is 19.5 Å². The van der Waals surface area contributed by atoms with Crippen molar-refractivity contribution >= 4 is 11.6 Å². The van der Waals surface area contributed by atoms with Crippen LogP contribution in [0.15, 0.2) is 30.6 Å². The molecule has 3 nitrogen and oxygen atoms in total. The number of halogens is 2. The van der Waals surface area contributed by atoms with Gasteiger partial charge in [-0.15, -0.1) is 0 Å². The van der Waals surface area contributed by atoms with Crippen LogP contribution < -0.4 is 5.32 Å². The molecule has 2 rings (SSSR count). The Kier molecular flexibility index (Phi) is 3.76. The van der Waals surface area contributed by atoms with Crippen LogP contribution in [0.1, 0.15) is 24.1 Å². The Hall–Kier alpha value is -1.39. The summed E-state index contributed by atoms with van der Waals surface area (Å²) >= 11 is 5.99. The van der Waals surface area contributed by atoms with Crippen LogP contribution in [0.25, 0.3) is 0 Å². The smallest absolute Gasteiger partial charge is 0.124 e. The van der Waals surface area contributed by atoms with Crippen LogP contribution in [0.5, 0.6) is 0 Å². The number of aromatic amines is 1. The number of nitrogens with one attached hydrogen (secondary N) is 2. The van der Waals surface area contributed by atoms with E-state index in [1.54, 1.807) is 12.3 Å². The maximum atomic E-state index is 12.9. The zero-order valence-corrected chi connectivity index (χ0v) is 10.1. The lowest BCUT2D eigenvalue weighted by Gasteiger charge is -2.15. The number of H-pyrrole nitrogens is 1. The fourth-order valence-corrected chi connectivity index (χ4v) is 1.94. The SMILES string of the molecule is CC(NCc1cn[nH]c1)c1ccc(F)cc1Cl. The molecule has 5 heteroatoms. The molecule has 0 bridgehead atoms. The van der Waals surface area contributed by atoms with Crippen molar-refractivity contribution in [1.29, 1.82) is 0 Å². The van der Waals surface area contributed by atoms with E-state index < -0.39 is 0 Å². The number of rotatable bonds is 4. The van der Waals surface area contributed by atoms with Crippen LogP contribution in [0.4, 0.5) is 4.39 Å². The van der Waals surface area contributed by atoms with Crippen LogP contribution in [0.2, 0.25) is 5.02 Å². The molecule has 0 aliphatic heterocycles. The lowest BCUT2D eigenvalue weighted by Crippen LogP contribution is -2.18. The van der Waals surface area contributed by atoms with Gasteiger partial charge < -0.3 is 5.32 Å². The summed E-state index contributed by atoms with van der Waals surface area (Å²) in [6.07, 6.45) is 3.58. The normalized spacial score (nSPS) is 12.6. The molecule has 2 aromatic rings. The Morgan fingerprint density at radius 3 is 3.00 bits per heavy atom. The third-order valence-electron chi connectivity index (χ3n) is 2.60. The zero-order chi connectivity index (χ0) is 12.3. The third-order valence-corrected chi connectivity index (χ3v) is 2.92. The van der Waals surface area contributed by atoms with Crippen LogP contribution >= 0.6 is 11.6 Å². The molecule has 0 aliphatic carbocycles. The summed E-state index contributed by atoms with van der Waals surface area (Å²) in [5, 5.41) is 10.3. The second kappa shape index (κ2) is 5.29. The summed E-state index contributed by atoms with van der Waals surface area (Å²) in [6, 6.07) is 4.49. The number of nitrogens with zero attached hydrogens (tertiary/aromatic N) is 1. The predicted molar refractivity (Wildman–Crippen MR) is 65.3 cm³/mol. The second-order valence-corrected chi connectivity index (χ2v) is 4.28. The largest absolute Gasteiger partial charge is 0.306 e. The third kappa shape index (κ3) is 3.05. The van der Waals surface area contributed by atoms with E-state index in [2.05, 4.69) is 15.5 Å². The lowest BCUT2D eigenvalue weighted by atomic mass is 10.1. The molecule has 0 radical (unpaired) electrons. The Bertz CT molecular complexity index is 485. The van der Waals surface area contributed by atoms with Gasteiger partial charge in [0.1, 0.15) is 5.82 Å². The standard InChI is InChI=1S/C12H13ClFN3/c1-8(15-5-9-6-16-17-7-9)11-3-2-10(14)4-12(11)13/h2-4,6-8,15H,5H2,1H3,(H,16,17). The highest BCUT2D eigenvalue weighted by Gasteiger charge is 2.10. The van der Waals surface area contributed by atoms with Gasteiger partial charge in [-0.25, -0.2) is 4.39 Å². The molecule has 2 N–H and O–H groups in total. The highest BCUT2D eigenvalue weighted by Crippen LogP contribution is 2.23. The van der Waals surface area contributed by atoms with E-state index in [0.29, 0.717) is 11.6 Å². The summed E-state index contributed by atoms with van der Waals surface area (Å²) in [5.41, 5.74) is 1.95. The van der Waals surface area contributed by atoms with E-state index in [1.807, 2.05) is 13.1 Å². The van der Waals surface area contributed by atoms with Gasteiger partial charge in [-0.3, -0.25) is 5.10 Å². The Labute approximate surface area is 104 Å². The molecule has 1 aromatic heterocycles. The molecule has 1 aromatic carbocycles. The average Bonchev–Trinajstić information content (AvgIpc) is 2.78. The fraction of sp³-hybridized carbons (Fsp3) is 0.250. The van der Waals surface area contributed by atoms with Crippen molar-refractivity contribution in [1.82, 2.24) is 15.5 Å². The Morgan fingerprint density at radius 2 is 2.35 bits per heavy atom. The fourth-order valence-electron chi connectivity index (χ4n) is 1.61. The maximum Gasteiger partial charge on any atom is 0.124 e. The topological polar surface area (TPSA) is 40.7 Å². The van der Waals surface area contributed by atoms with Crippen LogP contribution in [-0.4, -0.2) is 10.2 Å². The molecule has 0 spiro atoms. The summed E-state index contributed by atoms with van der Waals surface area (Å²) in [4.78, 5) is 0. The second-order valence-electron chi connectivity index (χ2n) is 3.87. The number of benzene rings is 1. The molecule has 1 heterocycles. The molecule has 17 heavy (non-hydrogen) atoms. The monoisotopic (exact) mass is 253 g/mol. The van der Waals surface area contributed by atoms with E-state index in [9.17, 15) is 4.39 Å². The van der Waals surface area contributed by atoms with Crippen LogP contribution in [0, 0.1) is 5.82 Å². The molecule has 0 saturated carbocycles. The first-order chi connectivity index (χ1) is 8.16. The van der Waals surface area contributed by atoms with Gasteiger partial charge in [0.2, 0.25) is 0 Å². The highest BCUT2D eigenvalue weighted by atomic mass is 35.5. The van der Waals surface area contributed by atoms with Crippen molar-refractivity contribution in [2.24, 2.45) is 0 Å². The highest BCUT2D eigenvalue weighted by molar-refractivity contribution is 6.31. The summed E-state index contributed by atoms with van der Waals surface area (Å²) in [7, 11) is 0. The minimum absolute atomic E-state index is 0.0537. The quantitative estimate of drug-likeness (QED) is 0.879. The van der Waals surface area contributed by atoms with Gasteiger partial charge in [-0.05, 0) is 24.6 Å². The average molecular weight is 254 g/mol. The van der Waals surface area contributed by atoms with Crippen LogP contribution in [-0.2, 0) is 6.54 Å². The Balaban J connectivity index is 2.01. The molecule has 0 saturated heterocycles. The van der Waals surface area contributed by atoms with Gasteiger partial charge in [0.15, 0.2) is 0 Å². The molecule has 0 fully saturated rings. The Morgan fingerprint density at radius 1 is 1.53 bits per heavy atom. The maximum absolute atomic E-state index is 12.9. The first-order valence-corrected chi connectivity index (χ1v) is 5.70. The summed E-state index contributed by atoms with van der Waals surface area (Å²) in [6.45, 7) is 2.67. The van der Waals surface area contributed by atoms with Crippen molar-refractivity contribution in [3.8, 4) is 0 Å². The predicted octanol–water partition coefficient (Wildman–Crippen LogP) is 3.05. The van der Waals surface area contributed by atoms with Crippen molar-refractivity contribution in [2.75, 3.05) is 0 Å². The van der Waals surface area contributed by atoms with Crippen LogP contribution in [0.3, 0.4) is 0 Å².